The van der Waals surface area contributed by atoms with Crippen molar-refractivity contribution in [3.8, 4) is 17.2 Å². The number of aryl methyl sites for hydroxylation is 1. The largest absolute Gasteiger partial charge is 0.496 e. The van der Waals surface area contributed by atoms with Crippen molar-refractivity contribution >= 4 is 0 Å². The van der Waals surface area contributed by atoms with E-state index in [1.54, 1.807) is 7.11 Å². The molecule has 0 saturated carbocycles. The Hall–Kier alpha value is -2.74. The lowest BCUT2D eigenvalue weighted by Crippen LogP contribution is -2.01. The van der Waals surface area contributed by atoms with Gasteiger partial charge in [-0.2, -0.15) is 0 Å². The van der Waals surface area contributed by atoms with Gasteiger partial charge < -0.3 is 9.47 Å². The van der Waals surface area contributed by atoms with Gasteiger partial charge in [0.05, 0.1) is 7.11 Å². The van der Waals surface area contributed by atoms with E-state index in [4.69, 9.17) is 9.47 Å². The Morgan fingerprint density at radius 1 is 0.846 bits per heavy atom. The van der Waals surface area contributed by atoms with Crippen LogP contribution in [0.1, 0.15) is 42.0 Å². The van der Waals surface area contributed by atoms with Crippen LogP contribution in [0.5, 0.6) is 17.2 Å². The molecular weight excluding hydrogens is 320 g/mol. The molecule has 3 rings (SSSR count). The Balaban J connectivity index is 2.00. The molecule has 0 fully saturated rings. The van der Waals surface area contributed by atoms with Gasteiger partial charge in [0, 0.05) is 17.5 Å². The van der Waals surface area contributed by atoms with E-state index in [0.29, 0.717) is 5.92 Å². The highest BCUT2D eigenvalue weighted by molar-refractivity contribution is 5.51. The maximum Gasteiger partial charge on any atom is 0.128 e. The molecule has 0 aliphatic heterocycles. The fourth-order valence-corrected chi connectivity index (χ4v) is 3.11. The van der Waals surface area contributed by atoms with Crippen molar-refractivity contribution in [3.63, 3.8) is 0 Å². The van der Waals surface area contributed by atoms with Crippen LogP contribution in [-0.2, 0) is 6.42 Å². The SMILES string of the molecule is COc1c(Cc2ccccc2)cc(Oc2ccc(C)cc2)cc1C(C)C. The molecule has 26 heavy (non-hydrogen) atoms. The Morgan fingerprint density at radius 3 is 2.15 bits per heavy atom. The second-order valence-corrected chi connectivity index (χ2v) is 6.94. The highest BCUT2D eigenvalue weighted by atomic mass is 16.5. The van der Waals surface area contributed by atoms with E-state index in [-0.39, 0.29) is 0 Å². The molecule has 0 spiro atoms. The minimum absolute atomic E-state index is 0.348. The first-order valence-electron chi connectivity index (χ1n) is 9.06. The fourth-order valence-electron chi connectivity index (χ4n) is 3.11. The lowest BCUT2D eigenvalue weighted by atomic mass is 9.95. The molecule has 3 aromatic rings. The third-order valence-corrected chi connectivity index (χ3v) is 4.49. The molecule has 0 saturated heterocycles. The summed E-state index contributed by atoms with van der Waals surface area (Å²) in [6.45, 7) is 6.44. The third-order valence-electron chi connectivity index (χ3n) is 4.49. The molecule has 0 amide bonds. The zero-order chi connectivity index (χ0) is 18.5. The average Bonchev–Trinajstić information content (AvgIpc) is 2.64. The summed E-state index contributed by atoms with van der Waals surface area (Å²) < 4.78 is 11.9. The minimum Gasteiger partial charge on any atom is -0.496 e. The normalized spacial score (nSPS) is 10.8. The van der Waals surface area contributed by atoms with Crippen molar-refractivity contribution in [1.29, 1.82) is 0 Å². The van der Waals surface area contributed by atoms with Crippen molar-refractivity contribution in [2.24, 2.45) is 0 Å². The van der Waals surface area contributed by atoms with Crippen LogP contribution in [0.3, 0.4) is 0 Å². The topological polar surface area (TPSA) is 18.5 Å². The summed E-state index contributed by atoms with van der Waals surface area (Å²) >= 11 is 0. The van der Waals surface area contributed by atoms with E-state index < -0.39 is 0 Å². The molecule has 0 radical (unpaired) electrons. The first kappa shape index (κ1) is 18.1. The smallest absolute Gasteiger partial charge is 0.128 e. The maximum absolute atomic E-state index is 6.15. The fraction of sp³-hybridized carbons (Fsp3) is 0.250. The Kier molecular flexibility index (Phi) is 5.62. The van der Waals surface area contributed by atoms with Gasteiger partial charge in [0.1, 0.15) is 17.2 Å². The predicted octanol–water partition coefficient (Wildman–Crippen LogP) is 6.51. The van der Waals surface area contributed by atoms with E-state index in [9.17, 15) is 0 Å². The van der Waals surface area contributed by atoms with Gasteiger partial charge in [-0.05, 0) is 42.7 Å². The van der Waals surface area contributed by atoms with Crippen molar-refractivity contribution in [2.45, 2.75) is 33.1 Å². The first-order valence-corrected chi connectivity index (χ1v) is 9.06. The molecule has 0 aliphatic carbocycles. The zero-order valence-corrected chi connectivity index (χ0v) is 16.0. The first-order chi connectivity index (χ1) is 12.6. The van der Waals surface area contributed by atoms with Crippen LogP contribution in [0.25, 0.3) is 0 Å². The van der Waals surface area contributed by atoms with E-state index in [0.717, 1.165) is 29.2 Å². The molecule has 2 heteroatoms. The van der Waals surface area contributed by atoms with Crippen molar-refractivity contribution < 1.29 is 9.47 Å². The molecule has 0 heterocycles. The Labute approximate surface area is 156 Å². The summed E-state index contributed by atoms with van der Waals surface area (Å²) in [5.74, 6) is 3.01. The van der Waals surface area contributed by atoms with Crippen LogP contribution in [0, 0.1) is 6.92 Å². The van der Waals surface area contributed by atoms with Gasteiger partial charge in [-0.1, -0.05) is 61.9 Å². The number of rotatable bonds is 6. The summed E-state index contributed by atoms with van der Waals surface area (Å²) in [6.07, 6.45) is 0.814. The van der Waals surface area contributed by atoms with Crippen molar-refractivity contribution in [1.82, 2.24) is 0 Å². The Morgan fingerprint density at radius 2 is 1.54 bits per heavy atom. The highest BCUT2D eigenvalue weighted by Crippen LogP contribution is 2.37. The monoisotopic (exact) mass is 346 g/mol. The molecule has 0 atom stereocenters. The average molecular weight is 346 g/mol. The van der Waals surface area contributed by atoms with Crippen LogP contribution < -0.4 is 9.47 Å². The summed E-state index contributed by atoms with van der Waals surface area (Å²) in [5, 5.41) is 0. The molecular formula is C24H26O2. The molecule has 0 unspecified atom stereocenters. The minimum atomic E-state index is 0.348. The number of hydrogen-bond acceptors (Lipinski definition) is 2. The van der Waals surface area contributed by atoms with E-state index >= 15 is 0 Å². The highest BCUT2D eigenvalue weighted by Gasteiger charge is 2.16. The molecule has 134 valence electrons. The molecule has 2 nitrogen and oxygen atoms in total. The van der Waals surface area contributed by atoms with Crippen LogP contribution in [0.15, 0.2) is 66.7 Å². The second-order valence-electron chi connectivity index (χ2n) is 6.94. The quantitative estimate of drug-likeness (QED) is 0.506. The van der Waals surface area contributed by atoms with Gasteiger partial charge in [0.15, 0.2) is 0 Å². The van der Waals surface area contributed by atoms with Crippen LogP contribution in [0.4, 0.5) is 0 Å². The van der Waals surface area contributed by atoms with Gasteiger partial charge >= 0.3 is 0 Å². The van der Waals surface area contributed by atoms with Crippen LogP contribution in [-0.4, -0.2) is 7.11 Å². The predicted molar refractivity (Wildman–Crippen MR) is 108 cm³/mol. The maximum atomic E-state index is 6.15. The van der Waals surface area contributed by atoms with Gasteiger partial charge in [0.25, 0.3) is 0 Å². The number of ether oxygens (including phenoxy) is 2. The van der Waals surface area contributed by atoms with E-state index in [1.165, 1.54) is 16.7 Å². The van der Waals surface area contributed by atoms with Crippen LogP contribution >= 0.6 is 0 Å². The van der Waals surface area contributed by atoms with Gasteiger partial charge in [0.2, 0.25) is 0 Å². The summed E-state index contributed by atoms with van der Waals surface area (Å²) in [5.41, 5.74) is 4.79. The molecule has 0 N–H and O–H groups in total. The molecule has 0 aliphatic rings. The lowest BCUT2D eigenvalue weighted by molar-refractivity contribution is 0.400. The summed E-state index contributed by atoms with van der Waals surface area (Å²) in [7, 11) is 1.75. The lowest BCUT2D eigenvalue weighted by Gasteiger charge is -2.19. The zero-order valence-electron chi connectivity index (χ0n) is 16.0. The standard InChI is InChI=1S/C24H26O2/c1-17(2)23-16-22(26-21-12-10-18(3)11-13-21)15-20(24(23)25-4)14-19-8-6-5-7-9-19/h5-13,15-17H,14H2,1-4H3. The van der Waals surface area contributed by atoms with Gasteiger partial charge in [-0.25, -0.2) is 0 Å². The Bertz CT molecular complexity index is 849. The summed E-state index contributed by atoms with van der Waals surface area (Å²) in [6, 6.07) is 22.8. The van der Waals surface area contributed by atoms with E-state index in [1.807, 2.05) is 18.2 Å². The number of methoxy groups -OCH3 is 1. The van der Waals surface area contributed by atoms with Crippen LogP contribution in [0.2, 0.25) is 0 Å². The molecule has 3 aromatic carbocycles. The third kappa shape index (κ3) is 4.26. The van der Waals surface area contributed by atoms with E-state index in [2.05, 4.69) is 69.3 Å². The van der Waals surface area contributed by atoms with Crippen molar-refractivity contribution in [2.75, 3.05) is 7.11 Å². The van der Waals surface area contributed by atoms with Crippen molar-refractivity contribution in [3.05, 3.63) is 89.0 Å². The molecule has 0 bridgehead atoms. The summed E-state index contributed by atoms with van der Waals surface area (Å²) in [4.78, 5) is 0. The van der Waals surface area contributed by atoms with Gasteiger partial charge in [-0.15, -0.1) is 0 Å². The van der Waals surface area contributed by atoms with Gasteiger partial charge in [-0.3, -0.25) is 0 Å². The molecule has 0 aromatic heterocycles. The number of hydrogen-bond donors (Lipinski definition) is 0. The second kappa shape index (κ2) is 8.09. The number of benzene rings is 3.